The van der Waals surface area contributed by atoms with Crippen molar-refractivity contribution in [1.29, 1.82) is 0 Å². The van der Waals surface area contributed by atoms with Gasteiger partial charge in [-0.25, -0.2) is 13.8 Å². The highest BCUT2D eigenvalue weighted by Gasteiger charge is 2.38. The van der Waals surface area contributed by atoms with Crippen molar-refractivity contribution in [1.82, 2.24) is 4.98 Å². The van der Waals surface area contributed by atoms with E-state index < -0.39 is 5.92 Å². The third kappa shape index (κ3) is 2.03. The van der Waals surface area contributed by atoms with E-state index in [1.165, 1.54) is 0 Å². The molecular weight excluding hydrogens is 254 g/mol. The van der Waals surface area contributed by atoms with Crippen LogP contribution in [0.2, 0.25) is 0 Å². The van der Waals surface area contributed by atoms with Crippen molar-refractivity contribution < 1.29 is 8.78 Å². The van der Waals surface area contributed by atoms with Crippen molar-refractivity contribution in [3.05, 3.63) is 22.8 Å². The molecule has 1 aliphatic heterocycles. The molecule has 1 aromatic heterocycles. The highest BCUT2D eigenvalue weighted by Crippen LogP contribution is 2.29. The minimum Gasteiger partial charge on any atom is -0.350 e. The summed E-state index contributed by atoms with van der Waals surface area (Å²) >= 11 is 3.25. The summed E-state index contributed by atoms with van der Waals surface area (Å²) in [6.07, 6.45) is 1.54. The first-order valence-corrected chi connectivity index (χ1v) is 5.10. The van der Waals surface area contributed by atoms with Crippen molar-refractivity contribution in [2.45, 2.75) is 12.3 Å². The molecule has 0 saturated carbocycles. The molecule has 2 heterocycles. The summed E-state index contributed by atoms with van der Waals surface area (Å²) < 4.78 is 26.6. The first kappa shape index (κ1) is 9.83. The highest BCUT2D eigenvalue weighted by atomic mass is 79.9. The SMILES string of the molecule is FC1(F)CCN(c2ccc(Br)cn2)C1. The second kappa shape index (κ2) is 3.46. The van der Waals surface area contributed by atoms with Gasteiger partial charge in [0.2, 0.25) is 0 Å². The first-order valence-electron chi connectivity index (χ1n) is 4.31. The third-order valence-electron chi connectivity index (χ3n) is 2.21. The van der Waals surface area contributed by atoms with Crippen LogP contribution in [0.25, 0.3) is 0 Å². The molecule has 0 amide bonds. The van der Waals surface area contributed by atoms with E-state index in [-0.39, 0.29) is 13.0 Å². The van der Waals surface area contributed by atoms with Crippen LogP contribution in [0.1, 0.15) is 6.42 Å². The lowest BCUT2D eigenvalue weighted by Crippen LogP contribution is -2.25. The van der Waals surface area contributed by atoms with Crippen LogP contribution in [-0.4, -0.2) is 24.0 Å². The standard InChI is InChI=1S/C9H9BrF2N2/c10-7-1-2-8(13-5-7)14-4-3-9(11,12)6-14/h1-2,5H,3-4,6H2. The van der Waals surface area contributed by atoms with Crippen LogP contribution >= 0.6 is 15.9 Å². The Morgan fingerprint density at radius 3 is 2.71 bits per heavy atom. The molecule has 0 bridgehead atoms. The lowest BCUT2D eigenvalue weighted by Gasteiger charge is -2.16. The van der Waals surface area contributed by atoms with Gasteiger partial charge in [-0.1, -0.05) is 0 Å². The maximum atomic E-state index is 12.9. The van der Waals surface area contributed by atoms with Crippen LogP contribution in [0.4, 0.5) is 14.6 Å². The Morgan fingerprint density at radius 1 is 1.43 bits per heavy atom. The Hall–Kier alpha value is -0.710. The summed E-state index contributed by atoms with van der Waals surface area (Å²) in [4.78, 5) is 5.68. The fraction of sp³-hybridized carbons (Fsp3) is 0.444. The molecule has 0 N–H and O–H groups in total. The zero-order valence-corrected chi connectivity index (χ0v) is 8.97. The van der Waals surface area contributed by atoms with E-state index in [0.29, 0.717) is 12.4 Å². The van der Waals surface area contributed by atoms with Gasteiger partial charge in [-0.15, -0.1) is 0 Å². The zero-order valence-electron chi connectivity index (χ0n) is 7.38. The van der Waals surface area contributed by atoms with Gasteiger partial charge in [-0.3, -0.25) is 0 Å². The largest absolute Gasteiger partial charge is 0.350 e. The summed E-state index contributed by atoms with van der Waals surface area (Å²) in [5, 5.41) is 0. The average Bonchev–Trinajstić information content (AvgIpc) is 2.47. The Kier molecular flexibility index (Phi) is 2.43. The predicted molar refractivity (Wildman–Crippen MR) is 53.7 cm³/mol. The summed E-state index contributed by atoms with van der Waals surface area (Å²) in [5.74, 6) is -1.94. The van der Waals surface area contributed by atoms with Gasteiger partial charge in [0.25, 0.3) is 5.92 Å². The molecule has 0 aliphatic carbocycles. The van der Waals surface area contributed by atoms with Gasteiger partial charge in [-0.05, 0) is 28.1 Å². The third-order valence-corrected chi connectivity index (χ3v) is 2.67. The van der Waals surface area contributed by atoms with E-state index in [2.05, 4.69) is 20.9 Å². The Labute approximate surface area is 89.1 Å². The molecule has 1 fully saturated rings. The molecule has 0 radical (unpaired) electrons. The lowest BCUT2D eigenvalue weighted by molar-refractivity contribution is 0.0257. The van der Waals surface area contributed by atoms with Gasteiger partial charge in [0.05, 0.1) is 6.54 Å². The minimum atomic E-state index is -2.56. The smallest absolute Gasteiger partial charge is 0.266 e. The normalized spacial score (nSPS) is 20.1. The predicted octanol–water partition coefficient (Wildman–Crippen LogP) is 2.69. The topological polar surface area (TPSA) is 16.1 Å². The quantitative estimate of drug-likeness (QED) is 0.774. The number of nitrogens with zero attached hydrogens (tertiary/aromatic N) is 2. The fourth-order valence-electron chi connectivity index (χ4n) is 1.49. The summed E-state index contributed by atoms with van der Waals surface area (Å²) in [5.41, 5.74) is 0. The molecule has 1 aliphatic rings. The number of aromatic nitrogens is 1. The highest BCUT2D eigenvalue weighted by molar-refractivity contribution is 9.10. The fourth-order valence-corrected chi connectivity index (χ4v) is 1.72. The molecule has 0 aromatic carbocycles. The van der Waals surface area contributed by atoms with Crippen LogP contribution in [-0.2, 0) is 0 Å². The van der Waals surface area contributed by atoms with Crippen molar-refractivity contribution >= 4 is 21.7 Å². The van der Waals surface area contributed by atoms with E-state index in [4.69, 9.17) is 0 Å². The molecule has 5 heteroatoms. The average molecular weight is 263 g/mol. The first-order chi connectivity index (χ1) is 6.57. The molecule has 2 nitrogen and oxygen atoms in total. The van der Waals surface area contributed by atoms with Gasteiger partial charge in [0.1, 0.15) is 5.82 Å². The summed E-state index contributed by atoms with van der Waals surface area (Å²) in [6.45, 7) is 0.156. The number of hydrogen-bond acceptors (Lipinski definition) is 2. The summed E-state index contributed by atoms with van der Waals surface area (Å²) in [6, 6.07) is 3.55. The lowest BCUT2D eigenvalue weighted by atomic mass is 10.3. The van der Waals surface area contributed by atoms with Gasteiger partial charge < -0.3 is 4.90 Å². The van der Waals surface area contributed by atoms with E-state index >= 15 is 0 Å². The van der Waals surface area contributed by atoms with Crippen molar-refractivity contribution in [3.8, 4) is 0 Å². The second-order valence-corrected chi connectivity index (χ2v) is 4.28. The molecule has 1 saturated heterocycles. The molecule has 1 aromatic rings. The van der Waals surface area contributed by atoms with Crippen molar-refractivity contribution in [2.75, 3.05) is 18.0 Å². The van der Waals surface area contributed by atoms with Crippen molar-refractivity contribution in [3.63, 3.8) is 0 Å². The maximum Gasteiger partial charge on any atom is 0.266 e. The van der Waals surface area contributed by atoms with Gasteiger partial charge in [0, 0.05) is 23.6 Å². The number of halogens is 3. The maximum absolute atomic E-state index is 12.9. The van der Waals surface area contributed by atoms with Crippen LogP contribution in [0.15, 0.2) is 22.8 Å². The van der Waals surface area contributed by atoms with E-state index in [9.17, 15) is 8.78 Å². The van der Waals surface area contributed by atoms with E-state index in [1.54, 1.807) is 23.2 Å². The molecule has 0 unspecified atom stereocenters. The monoisotopic (exact) mass is 262 g/mol. The Balaban J connectivity index is 2.14. The van der Waals surface area contributed by atoms with E-state index in [1.807, 2.05) is 0 Å². The van der Waals surface area contributed by atoms with Crippen LogP contribution in [0.3, 0.4) is 0 Å². The number of anilines is 1. The van der Waals surface area contributed by atoms with Gasteiger partial charge in [0.15, 0.2) is 0 Å². The number of rotatable bonds is 1. The molecule has 0 spiro atoms. The van der Waals surface area contributed by atoms with Crippen LogP contribution in [0, 0.1) is 0 Å². The van der Waals surface area contributed by atoms with Crippen LogP contribution < -0.4 is 4.90 Å². The van der Waals surface area contributed by atoms with Crippen molar-refractivity contribution in [2.24, 2.45) is 0 Å². The van der Waals surface area contributed by atoms with Gasteiger partial charge >= 0.3 is 0 Å². The molecular formula is C9H9BrF2N2. The number of hydrogen-bond donors (Lipinski definition) is 0. The van der Waals surface area contributed by atoms with Gasteiger partial charge in [-0.2, -0.15) is 0 Å². The molecule has 76 valence electrons. The zero-order chi connectivity index (χ0) is 10.2. The van der Waals surface area contributed by atoms with Crippen LogP contribution in [0.5, 0.6) is 0 Å². The number of alkyl halides is 2. The van der Waals surface area contributed by atoms with E-state index in [0.717, 1.165) is 4.47 Å². The molecule has 2 rings (SSSR count). The Bertz CT molecular complexity index is 326. The number of pyridine rings is 1. The molecule has 14 heavy (non-hydrogen) atoms. The summed E-state index contributed by atoms with van der Waals surface area (Å²) in [7, 11) is 0. The second-order valence-electron chi connectivity index (χ2n) is 3.36. The Morgan fingerprint density at radius 2 is 2.21 bits per heavy atom. The minimum absolute atomic E-state index is 0.0786. The molecule has 0 atom stereocenters.